The number of aliphatic hydroxyl groups is 1. The molecule has 0 fully saturated rings. The lowest BCUT2D eigenvalue weighted by atomic mass is 10.0. The second-order valence-corrected chi connectivity index (χ2v) is 6.73. The van der Waals surface area contributed by atoms with Crippen molar-refractivity contribution in [1.82, 2.24) is 4.57 Å². The minimum Gasteiger partial charge on any atom is -0.512 e. The summed E-state index contributed by atoms with van der Waals surface area (Å²) in [5.74, 6) is -0.265. The van der Waals surface area contributed by atoms with Crippen molar-refractivity contribution in [3.8, 4) is 11.3 Å². The van der Waals surface area contributed by atoms with Crippen molar-refractivity contribution in [3.63, 3.8) is 0 Å². The second-order valence-electron chi connectivity index (χ2n) is 6.73. The van der Waals surface area contributed by atoms with E-state index >= 15 is 0 Å². The lowest BCUT2D eigenvalue weighted by Gasteiger charge is -2.20. The average molecular weight is 347 g/mol. The molecule has 2 heterocycles. The third kappa shape index (κ3) is 3.23. The Kier molecular flexibility index (Phi) is 4.25. The number of carbonyl (C=O) groups excluding carboxylic acids is 1. The third-order valence-electron chi connectivity index (χ3n) is 4.87. The highest BCUT2D eigenvalue weighted by Gasteiger charge is 2.21. The fourth-order valence-electron chi connectivity index (χ4n) is 3.53. The molecule has 4 rings (SSSR count). The van der Waals surface area contributed by atoms with Gasteiger partial charge in [-0.3, -0.25) is 4.79 Å². The number of ether oxygens (including phenoxy) is 1. The number of aliphatic hydroxyl groups excluding tert-OH is 1. The van der Waals surface area contributed by atoms with Gasteiger partial charge in [0.1, 0.15) is 18.3 Å². The molecule has 0 saturated carbocycles. The number of nitrogens with zero attached hydrogens (tertiary/aromatic N) is 1. The predicted octanol–water partition coefficient (Wildman–Crippen LogP) is 4.76. The van der Waals surface area contributed by atoms with Crippen LogP contribution >= 0.6 is 0 Å². The number of esters is 1. The Labute approximate surface area is 152 Å². The number of hydrogen-bond donors (Lipinski definition) is 1. The fraction of sp³-hybridized carbons (Fsp3) is 0.227. The maximum absolute atomic E-state index is 11.5. The molecule has 0 radical (unpaired) electrons. The molecule has 4 heteroatoms. The molecule has 3 aromatic rings. The van der Waals surface area contributed by atoms with Gasteiger partial charge in [0, 0.05) is 24.4 Å². The summed E-state index contributed by atoms with van der Waals surface area (Å²) in [5, 5.41) is 12.1. The monoisotopic (exact) mass is 347 g/mol. The molecule has 0 amide bonds. The summed E-state index contributed by atoms with van der Waals surface area (Å²) in [4.78, 5) is 11.5. The first kappa shape index (κ1) is 16.5. The molecule has 132 valence electrons. The number of hydrogen-bond acceptors (Lipinski definition) is 3. The van der Waals surface area contributed by atoms with Crippen LogP contribution < -0.4 is 0 Å². The van der Waals surface area contributed by atoms with E-state index in [1.807, 2.05) is 12.1 Å². The van der Waals surface area contributed by atoms with E-state index in [1.54, 1.807) is 6.08 Å². The molecule has 1 unspecified atom stereocenters. The molecule has 2 aromatic carbocycles. The van der Waals surface area contributed by atoms with Gasteiger partial charge in [-0.1, -0.05) is 36.4 Å². The lowest BCUT2D eigenvalue weighted by molar-refractivity contribution is -0.148. The van der Waals surface area contributed by atoms with Crippen molar-refractivity contribution in [2.24, 2.45) is 0 Å². The van der Waals surface area contributed by atoms with Crippen LogP contribution in [0, 0.1) is 6.92 Å². The van der Waals surface area contributed by atoms with Crippen molar-refractivity contribution < 1.29 is 14.6 Å². The first-order valence-corrected chi connectivity index (χ1v) is 8.84. The number of aryl methyl sites for hydroxylation is 1. The highest BCUT2D eigenvalue weighted by Crippen LogP contribution is 2.27. The normalized spacial score (nSPS) is 17.2. The van der Waals surface area contributed by atoms with Crippen LogP contribution in [0.25, 0.3) is 22.0 Å². The van der Waals surface area contributed by atoms with E-state index in [0.29, 0.717) is 13.0 Å². The van der Waals surface area contributed by atoms with Crippen LogP contribution in [0.1, 0.15) is 18.5 Å². The Hall–Kier alpha value is -3.01. The summed E-state index contributed by atoms with van der Waals surface area (Å²) in [6, 6.07) is 19.0. The molecular weight excluding hydrogens is 326 g/mol. The van der Waals surface area contributed by atoms with Gasteiger partial charge < -0.3 is 14.4 Å². The number of fused-ring (bicyclic) bond motifs is 1. The molecule has 4 nitrogen and oxygen atoms in total. The third-order valence-corrected chi connectivity index (χ3v) is 4.87. The zero-order valence-corrected chi connectivity index (χ0v) is 14.7. The number of aromatic nitrogens is 1. The summed E-state index contributed by atoms with van der Waals surface area (Å²) in [6.45, 7) is 2.79. The predicted molar refractivity (Wildman–Crippen MR) is 102 cm³/mol. The van der Waals surface area contributed by atoms with Gasteiger partial charge in [-0.25, -0.2) is 0 Å². The molecule has 1 aliphatic rings. The standard InChI is InChI=1S/C22H21NO3/c1-15-6-9-21(18-8-7-16-4-2-3-5-17(16)12-18)23(15)11-10-20-13-19(24)14-22(25)26-20/h2-9,12-13,20,24H,10-11,14H2,1H3. The first-order valence-electron chi connectivity index (χ1n) is 8.84. The smallest absolute Gasteiger partial charge is 0.314 e. The summed E-state index contributed by atoms with van der Waals surface area (Å²) < 4.78 is 7.54. The van der Waals surface area contributed by atoms with E-state index in [0.717, 1.165) is 17.0 Å². The summed E-state index contributed by atoms with van der Waals surface area (Å²) in [5.41, 5.74) is 3.46. The van der Waals surface area contributed by atoms with Crippen LogP contribution in [-0.2, 0) is 16.1 Å². The van der Waals surface area contributed by atoms with Gasteiger partial charge in [-0.15, -0.1) is 0 Å². The zero-order chi connectivity index (χ0) is 18.1. The van der Waals surface area contributed by atoms with Crippen LogP contribution in [0.4, 0.5) is 0 Å². The number of rotatable bonds is 4. The van der Waals surface area contributed by atoms with Crippen molar-refractivity contribution in [3.05, 3.63) is 72.1 Å². The SMILES string of the molecule is Cc1ccc(-c2ccc3ccccc3c2)n1CCC1C=C(O)CC(=O)O1. The quantitative estimate of drug-likeness (QED) is 0.692. The molecule has 0 aliphatic carbocycles. The molecule has 0 spiro atoms. The van der Waals surface area contributed by atoms with E-state index in [2.05, 4.69) is 54.0 Å². The van der Waals surface area contributed by atoms with Crippen LogP contribution in [0.2, 0.25) is 0 Å². The summed E-state index contributed by atoms with van der Waals surface area (Å²) in [6.07, 6.45) is 1.87. The Bertz CT molecular complexity index is 1000. The van der Waals surface area contributed by atoms with Crippen molar-refractivity contribution >= 4 is 16.7 Å². The largest absolute Gasteiger partial charge is 0.512 e. The zero-order valence-electron chi connectivity index (χ0n) is 14.7. The molecule has 0 bridgehead atoms. The Morgan fingerprint density at radius 2 is 1.92 bits per heavy atom. The second kappa shape index (κ2) is 6.71. The first-order chi connectivity index (χ1) is 12.6. The highest BCUT2D eigenvalue weighted by atomic mass is 16.5. The molecule has 0 saturated heterocycles. The van der Waals surface area contributed by atoms with E-state index in [-0.39, 0.29) is 24.3 Å². The molecular formula is C22H21NO3. The van der Waals surface area contributed by atoms with Gasteiger partial charge in [0.15, 0.2) is 0 Å². The topological polar surface area (TPSA) is 51.5 Å². The van der Waals surface area contributed by atoms with E-state index < -0.39 is 0 Å². The summed E-state index contributed by atoms with van der Waals surface area (Å²) >= 11 is 0. The minimum atomic E-state index is -0.373. The van der Waals surface area contributed by atoms with Crippen LogP contribution in [0.3, 0.4) is 0 Å². The highest BCUT2D eigenvalue weighted by molar-refractivity contribution is 5.86. The molecule has 1 N–H and O–H groups in total. The van der Waals surface area contributed by atoms with Crippen molar-refractivity contribution in [2.75, 3.05) is 0 Å². The van der Waals surface area contributed by atoms with Gasteiger partial charge in [-0.2, -0.15) is 0 Å². The van der Waals surface area contributed by atoms with Gasteiger partial charge in [0.2, 0.25) is 0 Å². The van der Waals surface area contributed by atoms with Crippen LogP contribution in [0.5, 0.6) is 0 Å². The number of cyclic esters (lactones) is 1. The average Bonchev–Trinajstić information content (AvgIpc) is 2.99. The van der Waals surface area contributed by atoms with Crippen LogP contribution in [-0.4, -0.2) is 21.7 Å². The van der Waals surface area contributed by atoms with E-state index in [4.69, 9.17) is 4.74 Å². The van der Waals surface area contributed by atoms with E-state index in [9.17, 15) is 9.90 Å². The van der Waals surface area contributed by atoms with Gasteiger partial charge in [-0.05, 0) is 47.5 Å². The maximum Gasteiger partial charge on any atom is 0.314 e. The Balaban J connectivity index is 1.60. The van der Waals surface area contributed by atoms with Gasteiger partial charge in [0.05, 0.1) is 0 Å². The Morgan fingerprint density at radius 3 is 2.73 bits per heavy atom. The maximum atomic E-state index is 11.5. The minimum absolute atomic E-state index is 0.0264. The van der Waals surface area contributed by atoms with Crippen molar-refractivity contribution in [1.29, 1.82) is 0 Å². The Morgan fingerprint density at radius 1 is 1.12 bits per heavy atom. The number of benzene rings is 2. The van der Waals surface area contributed by atoms with E-state index in [1.165, 1.54) is 10.8 Å². The molecule has 1 aliphatic heterocycles. The van der Waals surface area contributed by atoms with Gasteiger partial charge in [0.25, 0.3) is 0 Å². The molecule has 26 heavy (non-hydrogen) atoms. The molecule has 1 atom stereocenters. The van der Waals surface area contributed by atoms with Gasteiger partial charge >= 0.3 is 5.97 Å². The number of carbonyl (C=O) groups is 1. The van der Waals surface area contributed by atoms with Crippen molar-refractivity contribution in [2.45, 2.75) is 32.4 Å². The lowest BCUT2D eigenvalue weighted by Crippen LogP contribution is -2.23. The fourth-order valence-corrected chi connectivity index (χ4v) is 3.53. The molecule has 1 aromatic heterocycles. The van der Waals surface area contributed by atoms with Crippen LogP contribution in [0.15, 0.2) is 66.4 Å². The summed E-state index contributed by atoms with van der Waals surface area (Å²) in [7, 11) is 0.